The van der Waals surface area contributed by atoms with Crippen LogP contribution in [0.1, 0.15) is 205 Å². The lowest BCUT2D eigenvalue weighted by atomic mass is 9.33. The number of anilines is 8. The van der Waals surface area contributed by atoms with E-state index in [1.54, 1.807) is 11.1 Å². The van der Waals surface area contributed by atoms with Crippen LogP contribution in [-0.4, -0.2) is 12.3 Å². The van der Waals surface area contributed by atoms with Gasteiger partial charge in [-0.15, -0.1) is 0 Å². The van der Waals surface area contributed by atoms with Crippen molar-refractivity contribution in [2.24, 2.45) is 10.8 Å². The highest BCUT2D eigenvalue weighted by molar-refractivity contribution is 7.00. The summed E-state index contributed by atoms with van der Waals surface area (Å²) in [5, 5.41) is 0. The van der Waals surface area contributed by atoms with Gasteiger partial charge in [0, 0.05) is 50.9 Å². The van der Waals surface area contributed by atoms with Crippen LogP contribution in [0.15, 0.2) is 97.1 Å². The van der Waals surface area contributed by atoms with E-state index in [4.69, 9.17) is 0 Å². The highest BCUT2D eigenvalue weighted by Gasteiger charge is 2.58. The molecule has 8 aliphatic rings. The van der Waals surface area contributed by atoms with Gasteiger partial charge in [0.1, 0.15) is 0 Å². The minimum atomic E-state index is -0.107. The summed E-state index contributed by atoms with van der Waals surface area (Å²) in [7, 11) is 0. The van der Waals surface area contributed by atoms with Crippen molar-refractivity contribution in [1.82, 2.24) is 0 Å². The first-order chi connectivity index (χ1) is 35.3. The van der Waals surface area contributed by atoms with E-state index in [-0.39, 0.29) is 50.2 Å². The molecule has 14 rings (SSSR count). The fraction of sp³-hybridized carbons (Fsp3) is 0.493. The predicted octanol–water partition coefficient (Wildman–Crippen LogP) is 16.8. The smallest absolute Gasteiger partial charge is 0.252 e. The molecule has 4 heteroatoms. The van der Waals surface area contributed by atoms with E-state index in [9.17, 15) is 0 Å². The molecule has 0 amide bonds. The maximum absolute atomic E-state index is 2.88. The van der Waals surface area contributed by atoms with Gasteiger partial charge in [0.2, 0.25) is 0 Å². The second-order valence-electron chi connectivity index (χ2n) is 30.4. The van der Waals surface area contributed by atoms with Crippen LogP contribution in [0.5, 0.6) is 0 Å². The monoisotopic (exact) mass is 990 g/mol. The van der Waals surface area contributed by atoms with Crippen molar-refractivity contribution in [1.29, 1.82) is 0 Å². The van der Waals surface area contributed by atoms with Crippen LogP contribution in [-0.2, 0) is 52.8 Å². The van der Waals surface area contributed by atoms with Gasteiger partial charge in [-0.05, 0) is 225 Å². The van der Waals surface area contributed by atoms with Gasteiger partial charge in [0.05, 0.1) is 5.54 Å². The molecule has 0 radical (unpaired) electrons. The van der Waals surface area contributed by atoms with Crippen LogP contribution in [0.3, 0.4) is 0 Å². The second kappa shape index (κ2) is 15.3. The summed E-state index contributed by atoms with van der Waals surface area (Å²) < 4.78 is 0. The second-order valence-corrected chi connectivity index (χ2v) is 30.4. The first kappa shape index (κ1) is 48.2. The third kappa shape index (κ3) is 6.78. The number of para-hydroxylation sites is 1. The molecule has 386 valence electrons. The van der Waals surface area contributed by atoms with Gasteiger partial charge < -0.3 is 14.7 Å². The molecule has 3 aliphatic heterocycles. The summed E-state index contributed by atoms with van der Waals surface area (Å²) in [5.74, 6) is 0. The number of nitrogens with zero attached hydrogens (tertiary/aromatic N) is 3. The molecule has 1 fully saturated rings. The molecule has 1 saturated carbocycles. The average molecular weight is 990 g/mol. The molecule has 6 aromatic carbocycles. The van der Waals surface area contributed by atoms with Crippen molar-refractivity contribution in [2.45, 2.75) is 213 Å². The van der Waals surface area contributed by atoms with Crippen molar-refractivity contribution in [3.63, 3.8) is 0 Å². The SMILES string of the molecule is CC1(C)Cc2ccc(N3c4cc5c(cc4B4c6cc7c(cc6N(c6ccc8c(c6)C(C)(C)CCC8(C)C)c6cc(N8c9ccccc9C9(C)CCCCCC89C)cc3c64)C(C)(C)CCC7(C)C)CC(C)(C)C5)cc2C1. The van der Waals surface area contributed by atoms with Crippen LogP contribution in [0.4, 0.5) is 45.5 Å². The summed E-state index contributed by atoms with van der Waals surface area (Å²) in [4.78, 5) is 8.48. The van der Waals surface area contributed by atoms with Crippen molar-refractivity contribution in [3.05, 3.63) is 147 Å². The minimum absolute atomic E-state index is 0.0167. The van der Waals surface area contributed by atoms with Crippen molar-refractivity contribution < 1.29 is 0 Å². The lowest BCUT2D eigenvalue weighted by Crippen LogP contribution is -2.62. The Morgan fingerprint density at radius 3 is 1.53 bits per heavy atom. The quantitative estimate of drug-likeness (QED) is 0.163. The van der Waals surface area contributed by atoms with Crippen LogP contribution < -0.4 is 31.1 Å². The molecule has 3 heterocycles. The molecule has 5 aliphatic carbocycles. The van der Waals surface area contributed by atoms with Gasteiger partial charge in [-0.1, -0.05) is 152 Å². The van der Waals surface area contributed by atoms with Crippen LogP contribution in [0.25, 0.3) is 0 Å². The number of rotatable bonds is 3. The number of hydrogen-bond donors (Lipinski definition) is 0. The Labute approximate surface area is 452 Å². The van der Waals surface area contributed by atoms with Gasteiger partial charge in [-0.25, -0.2) is 0 Å². The minimum Gasteiger partial charge on any atom is -0.334 e. The molecule has 75 heavy (non-hydrogen) atoms. The molecule has 2 atom stereocenters. The van der Waals surface area contributed by atoms with Gasteiger partial charge in [-0.3, -0.25) is 0 Å². The van der Waals surface area contributed by atoms with Gasteiger partial charge in [0.15, 0.2) is 0 Å². The average Bonchev–Trinajstić information content (AvgIpc) is 4.01. The molecule has 6 aromatic rings. The first-order valence-corrected chi connectivity index (χ1v) is 29.6. The maximum Gasteiger partial charge on any atom is 0.252 e. The third-order valence-corrected chi connectivity index (χ3v) is 22.1. The molecule has 2 unspecified atom stereocenters. The fourth-order valence-electron chi connectivity index (χ4n) is 17.5. The zero-order valence-electron chi connectivity index (χ0n) is 48.3. The van der Waals surface area contributed by atoms with E-state index in [0.29, 0.717) is 0 Å². The highest BCUT2D eigenvalue weighted by atomic mass is 15.3. The number of fused-ring (bicyclic) bond motifs is 11. The Morgan fingerprint density at radius 1 is 0.360 bits per heavy atom. The lowest BCUT2D eigenvalue weighted by molar-refractivity contribution is 0.261. The summed E-state index contributed by atoms with van der Waals surface area (Å²) in [6, 6.07) is 41.2. The summed E-state index contributed by atoms with van der Waals surface area (Å²) in [5.41, 5.74) is 29.7. The van der Waals surface area contributed by atoms with Crippen LogP contribution >= 0.6 is 0 Å². The molecule has 3 nitrogen and oxygen atoms in total. The molecule has 0 N–H and O–H groups in total. The topological polar surface area (TPSA) is 9.72 Å². The Hall–Kier alpha value is -5.22. The number of hydrogen-bond acceptors (Lipinski definition) is 3. The van der Waals surface area contributed by atoms with Crippen molar-refractivity contribution in [3.8, 4) is 0 Å². The molecule has 0 aromatic heterocycles. The van der Waals surface area contributed by atoms with E-state index in [2.05, 4.69) is 209 Å². The summed E-state index contributed by atoms with van der Waals surface area (Å²) >= 11 is 0. The number of benzene rings is 6. The molecular formula is C71H84BN3. The Kier molecular flexibility index (Phi) is 9.82. The van der Waals surface area contributed by atoms with E-state index in [1.165, 1.54) is 159 Å². The van der Waals surface area contributed by atoms with Crippen LogP contribution in [0, 0.1) is 10.8 Å². The zero-order chi connectivity index (χ0) is 52.4. The largest absolute Gasteiger partial charge is 0.334 e. The van der Waals surface area contributed by atoms with Crippen LogP contribution in [0.2, 0.25) is 0 Å². The van der Waals surface area contributed by atoms with E-state index >= 15 is 0 Å². The molecule has 0 spiro atoms. The van der Waals surface area contributed by atoms with Gasteiger partial charge in [0.25, 0.3) is 6.71 Å². The van der Waals surface area contributed by atoms with E-state index in [1.807, 2.05) is 0 Å². The van der Waals surface area contributed by atoms with Crippen molar-refractivity contribution in [2.75, 3.05) is 14.7 Å². The Morgan fingerprint density at radius 2 is 0.867 bits per heavy atom. The lowest BCUT2D eigenvalue weighted by Gasteiger charge is -2.49. The van der Waals surface area contributed by atoms with Gasteiger partial charge >= 0.3 is 0 Å². The van der Waals surface area contributed by atoms with Gasteiger partial charge in [-0.2, -0.15) is 0 Å². The maximum atomic E-state index is 2.88. The Balaban J connectivity index is 1.13. The first-order valence-electron chi connectivity index (χ1n) is 29.6. The summed E-state index contributed by atoms with van der Waals surface area (Å²) in [6.07, 6.45) is 15.5. The Bertz CT molecular complexity index is 3450. The standard InChI is InChI=1S/C71H84BN3/c1-64(2)40-44-22-23-48(32-45(44)41-64)73-59-34-47-43-65(3,4)42-46(47)33-56(59)72-57-38-54-55(69(11,12)31-30-68(54,9)10)39-60(57)74(49-24-25-51-53(35-49)67(7,8)29-28-66(51,5)6)62-37-50(36-61(73)63(62)72)75-58-21-17-16-20-52(58)70(13)26-18-15-19-27-71(70,75)14/h16-17,20-25,32-39H,15,18-19,26-31,40-43H2,1-14H3. The predicted molar refractivity (Wildman–Crippen MR) is 321 cm³/mol. The zero-order valence-corrected chi connectivity index (χ0v) is 48.3. The van der Waals surface area contributed by atoms with E-state index in [0.717, 1.165) is 25.7 Å². The fourth-order valence-corrected chi connectivity index (χ4v) is 17.5. The van der Waals surface area contributed by atoms with Crippen molar-refractivity contribution >= 4 is 68.6 Å². The molecule has 0 bridgehead atoms. The molecule has 0 saturated heterocycles. The third-order valence-electron chi connectivity index (χ3n) is 22.1. The highest BCUT2D eigenvalue weighted by Crippen LogP contribution is 2.62. The molecular weight excluding hydrogens is 906 g/mol. The van der Waals surface area contributed by atoms with E-state index < -0.39 is 0 Å². The summed E-state index contributed by atoms with van der Waals surface area (Å²) in [6.45, 7) is 35.3. The normalized spacial score (nSPS) is 25.9.